The molecule has 0 aliphatic carbocycles. The maximum atomic E-state index is 12.4. The first-order valence-corrected chi connectivity index (χ1v) is 11.7. The van der Waals surface area contributed by atoms with Gasteiger partial charge in [-0.05, 0) is 38.8 Å². The van der Waals surface area contributed by atoms with Gasteiger partial charge in [0.15, 0.2) is 5.96 Å². The third-order valence-electron chi connectivity index (χ3n) is 6.07. The highest BCUT2D eigenvalue weighted by Gasteiger charge is 2.24. The minimum absolute atomic E-state index is 0. The Morgan fingerprint density at radius 2 is 1.76 bits per heavy atom. The molecule has 1 aromatic heterocycles. The first kappa shape index (κ1) is 25.5. The number of halogens is 1. The Morgan fingerprint density at radius 3 is 2.42 bits per heavy atom. The molecule has 1 aromatic carbocycles. The van der Waals surface area contributed by atoms with Crippen molar-refractivity contribution in [2.45, 2.75) is 33.2 Å². The summed E-state index contributed by atoms with van der Waals surface area (Å²) in [6.07, 6.45) is 3.96. The second kappa shape index (κ2) is 12.4. The zero-order chi connectivity index (χ0) is 22.3. The van der Waals surface area contributed by atoms with Gasteiger partial charge in [0.05, 0.1) is 13.1 Å². The number of carbonyl (C=O) groups is 1. The van der Waals surface area contributed by atoms with Crippen LogP contribution < -0.4 is 5.32 Å². The number of aliphatic imine (C=N–C) groups is 1. The molecule has 0 bridgehead atoms. The Kier molecular flexibility index (Phi) is 9.54. The van der Waals surface area contributed by atoms with Crippen LogP contribution in [0.1, 0.15) is 31.0 Å². The number of nitrogens with one attached hydrogen (secondary N) is 1. The second-order valence-electron chi connectivity index (χ2n) is 8.53. The van der Waals surface area contributed by atoms with Crippen LogP contribution in [0.4, 0.5) is 0 Å². The minimum Gasteiger partial charge on any atom is -0.444 e. The van der Waals surface area contributed by atoms with E-state index in [2.05, 4.69) is 46.1 Å². The maximum Gasteiger partial charge on any atom is 0.236 e. The molecule has 8 nitrogen and oxygen atoms in total. The van der Waals surface area contributed by atoms with E-state index in [0.717, 1.165) is 75.9 Å². The van der Waals surface area contributed by atoms with Gasteiger partial charge in [-0.25, -0.2) is 9.98 Å². The van der Waals surface area contributed by atoms with Crippen LogP contribution in [0.5, 0.6) is 0 Å². The fraction of sp³-hybridized carbons (Fsp3) is 0.542. The van der Waals surface area contributed by atoms with Gasteiger partial charge in [-0.15, -0.1) is 24.0 Å². The molecule has 4 rings (SSSR count). The molecule has 0 saturated carbocycles. The first-order valence-electron chi connectivity index (χ1n) is 11.7. The summed E-state index contributed by atoms with van der Waals surface area (Å²) in [5.74, 6) is 1.78. The van der Waals surface area contributed by atoms with E-state index in [4.69, 9.17) is 9.41 Å². The van der Waals surface area contributed by atoms with Crippen molar-refractivity contribution in [3.05, 3.63) is 41.8 Å². The molecular weight excluding hydrogens is 531 g/mol. The van der Waals surface area contributed by atoms with Crippen molar-refractivity contribution in [2.24, 2.45) is 4.99 Å². The Bertz CT molecular complexity index is 915. The molecule has 0 atom stereocenters. The number of aromatic nitrogens is 1. The summed E-state index contributed by atoms with van der Waals surface area (Å²) in [5, 5.41) is 3.39. The molecule has 2 saturated heterocycles. The minimum atomic E-state index is 0. The van der Waals surface area contributed by atoms with E-state index in [9.17, 15) is 4.79 Å². The van der Waals surface area contributed by atoms with Gasteiger partial charge < -0.3 is 19.5 Å². The zero-order valence-corrected chi connectivity index (χ0v) is 22.0. The first-order chi connectivity index (χ1) is 15.6. The number of benzene rings is 1. The number of oxazole rings is 1. The molecule has 2 aliphatic rings. The van der Waals surface area contributed by atoms with Crippen LogP contribution in [0.25, 0.3) is 11.5 Å². The Hall–Kier alpha value is -2.14. The molecule has 0 radical (unpaired) electrons. The number of carbonyl (C=O) groups excluding carboxylic acids is 1. The topological polar surface area (TPSA) is 77.2 Å². The van der Waals surface area contributed by atoms with Crippen molar-refractivity contribution in [1.29, 1.82) is 0 Å². The van der Waals surface area contributed by atoms with Gasteiger partial charge in [0, 0.05) is 51.4 Å². The van der Waals surface area contributed by atoms with E-state index < -0.39 is 0 Å². The summed E-state index contributed by atoms with van der Waals surface area (Å²) in [5.41, 5.74) is 2.99. The summed E-state index contributed by atoms with van der Waals surface area (Å²) < 4.78 is 5.66. The zero-order valence-electron chi connectivity index (χ0n) is 19.6. The Morgan fingerprint density at radius 1 is 1.06 bits per heavy atom. The molecule has 3 heterocycles. The fourth-order valence-electron chi connectivity index (χ4n) is 4.17. The average molecular weight is 566 g/mol. The van der Waals surface area contributed by atoms with Gasteiger partial charge in [0.1, 0.15) is 12.0 Å². The summed E-state index contributed by atoms with van der Waals surface area (Å²) in [7, 11) is 0. The highest BCUT2D eigenvalue weighted by atomic mass is 127. The van der Waals surface area contributed by atoms with Crippen LogP contribution in [0.2, 0.25) is 0 Å². The van der Waals surface area contributed by atoms with Crippen LogP contribution in [0.3, 0.4) is 0 Å². The number of likely N-dealkylation sites (tertiary alicyclic amines) is 1. The highest BCUT2D eigenvalue weighted by Crippen LogP contribution is 2.19. The van der Waals surface area contributed by atoms with Gasteiger partial charge in [0.2, 0.25) is 11.8 Å². The molecule has 0 unspecified atom stereocenters. The predicted molar refractivity (Wildman–Crippen MR) is 141 cm³/mol. The van der Waals surface area contributed by atoms with Crippen LogP contribution in [-0.2, 0) is 11.3 Å². The number of piperazine rings is 1. The Balaban J connectivity index is 0.00000306. The van der Waals surface area contributed by atoms with E-state index in [1.807, 2.05) is 17.0 Å². The standard InChI is InChI=1S/C24H34N6O2.HI/c1-3-25-24(26-16-21-18-32-23(27-21)20-8-6-19(2)7-9-20)30-14-12-28(13-15-30)17-22(31)29-10-4-5-11-29;/h6-9,18H,3-5,10-17H2,1-2H3,(H,25,26);1H. The highest BCUT2D eigenvalue weighted by molar-refractivity contribution is 14.0. The lowest BCUT2D eigenvalue weighted by atomic mass is 10.1. The van der Waals surface area contributed by atoms with Gasteiger partial charge in [-0.1, -0.05) is 17.7 Å². The van der Waals surface area contributed by atoms with Crippen molar-refractivity contribution >= 4 is 35.8 Å². The number of guanidine groups is 1. The van der Waals surface area contributed by atoms with E-state index in [1.165, 1.54) is 5.56 Å². The SMILES string of the molecule is CCNC(=NCc1coc(-c2ccc(C)cc2)n1)N1CCN(CC(=O)N2CCCC2)CC1.I. The fourth-order valence-corrected chi connectivity index (χ4v) is 4.17. The van der Waals surface area contributed by atoms with Crippen molar-refractivity contribution in [3.63, 3.8) is 0 Å². The van der Waals surface area contributed by atoms with Crippen molar-refractivity contribution in [1.82, 2.24) is 25.0 Å². The van der Waals surface area contributed by atoms with Crippen LogP contribution in [-0.4, -0.2) is 83.9 Å². The van der Waals surface area contributed by atoms with Crippen LogP contribution >= 0.6 is 24.0 Å². The molecule has 33 heavy (non-hydrogen) atoms. The molecule has 1 N–H and O–H groups in total. The van der Waals surface area contributed by atoms with E-state index in [0.29, 0.717) is 19.0 Å². The van der Waals surface area contributed by atoms with Crippen LogP contribution in [0, 0.1) is 6.92 Å². The second-order valence-corrected chi connectivity index (χ2v) is 8.53. The monoisotopic (exact) mass is 566 g/mol. The number of amides is 1. The average Bonchev–Trinajstić information content (AvgIpc) is 3.50. The molecule has 180 valence electrons. The number of hydrogen-bond donors (Lipinski definition) is 1. The molecule has 2 aliphatic heterocycles. The third-order valence-corrected chi connectivity index (χ3v) is 6.07. The van der Waals surface area contributed by atoms with Crippen molar-refractivity contribution in [2.75, 3.05) is 52.4 Å². The number of rotatable bonds is 6. The smallest absolute Gasteiger partial charge is 0.236 e. The van der Waals surface area contributed by atoms with Crippen molar-refractivity contribution in [3.8, 4) is 11.5 Å². The van der Waals surface area contributed by atoms with Gasteiger partial charge in [0.25, 0.3) is 0 Å². The molecule has 2 fully saturated rings. The van der Waals surface area contributed by atoms with Crippen LogP contribution in [0.15, 0.2) is 39.9 Å². The van der Waals surface area contributed by atoms with Crippen molar-refractivity contribution < 1.29 is 9.21 Å². The summed E-state index contributed by atoms with van der Waals surface area (Å²) >= 11 is 0. The maximum absolute atomic E-state index is 12.4. The lowest BCUT2D eigenvalue weighted by molar-refractivity contribution is -0.131. The quantitative estimate of drug-likeness (QED) is 0.329. The molecule has 2 aromatic rings. The van der Waals surface area contributed by atoms with Gasteiger partial charge >= 0.3 is 0 Å². The van der Waals surface area contributed by atoms with E-state index >= 15 is 0 Å². The number of nitrogens with zero attached hydrogens (tertiary/aromatic N) is 5. The molecule has 0 spiro atoms. The normalized spacial score (nSPS) is 17.2. The summed E-state index contributed by atoms with van der Waals surface area (Å²) in [6.45, 7) is 11.2. The summed E-state index contributed by atoms with van der Waals surface area (Å²) in [4.78, 5) is 28.3. The van der Waals surface area contributed by atoms with E-state index in [-0.39, 0.29) is 29.9 Å². The molecule has 9 heteroatoms. The summed E-state index contributed by atoms with van der Waals surface area (Å²) in [6, 6.07) is 8.15. The lowest BCUT2D eigenvalue weighted by Gasteiger charge is -2.36. The molecule has 1 amide bonds. The molecular formula is C24H35IN6O2. The predicted octanol–water partition coefficient (Wildman–Crippen LogP) is 2.97. The van der Waals surface area contributed by atoms with E-state index in [1.54, 1.807) is 6.26 Å². The Labute approximate surface area is 213 Å². The lowest BCUT2D eigenvalue weighted by Crippen LogP contribution is -2.54. The largest absolute Gasteiger partial charge is 0.444 e. The number of aryl methyl sites for hydroxylation is 1. The van der Waals surface area contributed by atoms with Gasteiger partial charge in [-0.3, -0.25) is 9.69 Å². The van der Waals surface area contributed by atoms with Gasteiger partial charge in [-0.2, -0.15) is 0 Å². The number of hydrogen-bond acceptors (Lipinski definition) is 5. The third kappa shape index (κ3) is 6.92.